The number of guanidine groups is 1. The van der Waals surface area contributed by atoms with Crippen LogP contribution in [0.1, 0.15) is 30.1 Å². The summed E-state index contributed by atoms with van der Waals surface area (Å²) in [4.78, 5) is 4.38. The van der Waals surface area contributed by atoms with Crippen molar-refractivity contribution in [1.29, 1.82) is 0 Å². The molecule has 2 aromatic carbocycles. The standard InChI is InChI=1S/C23H29N3O2/c1-24-23(26-16-20-14-18-10-5-6-12-21(18)28-20)25-15-19-11-7-13-27-22(19)17-8-3-2-4-9-17/h2-6,8-10,12,19-20,22H,7,11,13-16H2,1H3,(H2,24,25,26). The van der Waals surface area contributed by atoms with Crippen LogP contribution >= 0.6 is 0 Å². The SMILES string of the molecule is CN=C(NCC1Cc2ccccc2O1)NCC1CCCOC1c1ccccc1. The fourth-order valence-corrected chi connectivity index (χ4v) is 4.09. The van der Waals surface area contributed by atoms with Crippen molar-refractivity contribution in [3.63, 3.8) is 0 Å². The second kappa shape index (κ2) is 9.11. The Bertz CT molecular complexity index is 768. The lowest BCUT2D eigenvalue weighted by atomic mass is 9.89. The highest BCUT2D eigenvalue weighted by Gasteiger charge is 2.28. The Labute approximate surface area is 167 Å². The van der Waals surface area contributed by atoms with Crippen molar-refractivity contribution in [2.24, 2.45) is 10.9 Å². The summed E-state index contributed by atoms with van der Waals surface area (Å²) in [7, 11) is 1.81. The fraction of sp³-hybridized carbons (Fsp3) is 0.435. The van der Waals surface area contributed by atoms with Crippen molar-refractivity contribution < 1.29 is 9.47 Å². The molecule has 3 unspecified atom stereocenters. The molecule has 2 aromatic rings. The van der Waals surface area contributed by atoms with Gasteiger partial charge in [-0.15, -0.1) is 0 Å². The molecule has 1 saturated heterocycles. The van der Waals surface area contributed by atoms with Crippen LogP contribution in [0.25, 0.3) is 0 Å². The van der Waals surface area contributed by atoms with Gasteiger partial charge in [-0.05, 0) is 30.0 Å². The molecule has 0 radical (unpaired) electrons. The summed E-state index contributed by atoms with van der Waals surface area (Å²) in [5.41, 5.74) is 2.54. The Morgan fingerprint density at radius 2 is 1.82 bits per heavy atom. The van der Waals surface area contributed by atoms with Crippen molar-refractivity contribution in [3.05, 3.63) is 65.7 Å². The van der Waals surface area contributed by atoms with E-state index in [-0.39, 0.29) is 12.2 Å². The molecule has 5 heteroatoms. The van der Waals surface area contributed by atoms with E-state index in [9.17, 15) is 0 Å². The van der Waals surface area contributed by atoms with Crippen LogP contribution in [-0.4, -0.2) is 38.8 Å². The van der Waals surface area contributed by atoms with Gasteiger partial charge in [0.1, 0.15) is 11.9 Å². The maximum atomic E-state index is 6.10. The first-order valence-electron chi connectivity index (χ1n) is 10.2. The van der Waals surface area contributed by atoms with Gasteiger partial charge in [0, 0.05) is 32.5 Å². The molecule has 2 aliphatic rings. The number of ether oxygens (including phenoxy) is 2. The number of aliphatic imine (C=N–C) groups is 1. The lowest BCUT2D eigenvalue weighted by Crippen LogP contribution is -2.45. The second-order valence-corrected chi connectivity index (χ2v) is 7.49. The van der Waals surface area contributed by atoms with Crippen LogP contribution in [0.4, 0.5) is 0 Å². The van der Waals surface area contributed by atoms with Gasteiger partial charge in [0.15, 0.2) is 5.96 Å². The largest absolute Gasteiger partial charge is 0.488 e. The van der Waals surface area contributed by atoms with Crippen LogP contribution in [0.5, 0.6) is 5.75 Å². The van der Waals surface area contributed by atoms with Gasteiger partial charge in [-0.1, -0.05) is 48.5 Å². The Hall–Kier alpha value is -2.53. The summed E-state index contributed by atoms with van der Waals surface area (Å²) >= 11 is 0. The minimum Gasteiger partial charge on any atom is -0.488 e. The smallest absolute Gasteiger partial charge is 0.191 e. The van der Waals surface area contributed by atoms with Gasteiger partial charge in [0.05, 0.1) is 12.6 Å². The van der Waals surface area contributed by atoms with Gasteiger partial charge < -0.3 is 20.1 Å². The number of fused-ring (bicyclic) bond motifs is 1. The predicted molar refractivity (Wildman–Crippen MR) is 112 cm³/mol. The fourth-order valence-electron chi connectivity index (χ4n) is 4.09. The zero-order valence-corrected chi connectivity index (χ0v) is 16.4. The van der Waals surface area contributed by atoms with Crippen LogP contribution in [-0.2, 0) is 11.2 Å². The number of nitrogens with zero attached hydrogens (tertiary/aromatic N) is 1. The third-order valence-corrected chi connectivity index (χ3v) is 5.54. The van der Waals surface area contributed by atoms with E-state index in [2.05, 4.69) is 58.1 Å². The summed E-state index contributed by atoms with van der Waals surface area (Å²) in [5.74, 6) is 2.25. The molecule has 4 rings (SSSR count). The molecule has 0 amide bonds. The monoisotopic (exact) mass is 379 g/mol. The number of benzene rings is 2. The van der Waals surface area contributed by atoms with Crippen LogP contribution in [0.15, 0.2) is 59.6 Å². The average Bonchev–Trinajstić information content (AvgIpc) is 3.18. The van der Waals surface area contributed by atoms with E-state index >= 15 is 0 Å². The third-order valence-electron chi connectivity index (χ3n) is 5.54. The highest BCUT2D eigenvalue weighted by Crippen LogP contribution is 2.33. The first-order valence-corrected chi connectivity index (χ1v) is 10.2. The van der Waals surface area contributed by atoms with Crippen LogP contribution in [0.2, 0.25) is 0 Å². The van der Waals surface area contributed by atoms with E-state index in [1.807, 2.05) is 19.2 Å². The summed E-state index contributed by atoms with van der Waals surface area (Å²) in [6.07, 6.45) is 3.49. The zero-order valence-electron chi connectivity index (χ0n) is 16.4. The number of rotatable bonds is 5. The summed E-state index contributed by atoms with van der Waals surface area (Å²) < 4.78 is 12.1. The van der Waals surface area contributed by atoms with E-state index in [1.54, 1.807) is 0 Å². The van der Waals surface area contributed by atoms with Gasteiger partial charge >= 0.3 is 0 Å². The van der Waals surface area contributed by atoms with Gasteiger partial charge in [-0.3, -0.25) is 4.99 Å². The summed E-state index contributed by atoms with van der Waals surface area (Å²) in [6, 6.07) is 18.8. The molecule has 2 aliphatic heterocycles. The highest BCUT2D eigenvalue weighted by atomic mass is 16.5. The topological polar surface area (TPSA) is 54.9 Å². The number of para-hydroxylation sites is 1. The molecular weight excluding hydrogens is 350 g/mol. The quantitative estimate of drug-likeness (QED) is 0.618. The molecule has 1 fully saturated rings. The Morgan fingerprint density at radius 3 is 2.64 bits per heavy atom. The molecule has 0 aromatic heterocycles. The van der Waals surface area contributed by atoms with E-state index in [4.69, 9.17) is 9.47 Å². The molecular formula is C23H29N3O2. The highest BCUT2D eigenvalue weighted by molar-refractivity contribution is 5.79. The molecule has 148 valence electrons. The van der Waals surface area contributed by atoms with Crippen molar-refractivity contribution in [3.8, 4) is 5.75 Å². The normalized spacial score (nSPS) is 24.3. The molecule has 28 heavy (non-hydrogen) atoms. The average molecular weight is 380 g/mol. The molecule has 0 aliphatic carbocycles. The first kappa shape index (κ1) is 18.8. The Balaban J connectivity index is 1.28. The molecule has 0 spiro atoms. The second-order valence-electron chi connectivity index (χ2n) is 7.49. The van der Waals surface area contributed by atoms with Crippen molar-refractivity contribution in [1.82, 2.24) is 10.6 Å². The number of hydrogen-bond acceptors (Lipinski definition) is 3. The van der Waals surface area contributed by atoms with Gasteiger partial charge in [0.2, 0.25) is 0 Å². The molecule has 5 nitrogen and oxygen atoms in total. The van der Waals surface area contributed by atoms with Gasteiger partial charge in [-0.2, -0.15) is 0 Å². The maximum Gasteiger partial charge on any atom is 0.191 e. The Morgan fingerprint density at radius 1 is 1.04 bits per heavy atom. The minimum absolute atomic E-state index is 0.144. The van der Waals surface area contributed by atoms with Gasteiger partial charge in [0.25, 0.3) is 0 Å². The number of hydrogen-bond donors (Lipinski definition) is 2. The summed E-state index contributed by atoms with van der Waals surface area (Å²) in [5, 5.41) is 6.90. The Kier molecular flexibility index (Phi) is 6.12. The molecule has 3 atom stereocenters. The van der Waals surface area contributed by atoms with Crippen LogP contribution in [0.3, 0.4) is 0 Å². The predicted octanol–water partition coefficient (Wildman–Crippen LogP) is 3.32. The van der Waals surface area contributed by atoms with Crippen molar-refractivity contribution >= 4 is 5.96 Å². The maximum absolute atomic E-state index is 6.10. The number of nitrogens with one attached hydrogen (secondary N) is 2. The van der Waals surface area contributed by atoms with E-state index in [1.165, 1.54) is 11.1 Å². The molecule has 2 heterocycles. The molecule has 0 bridgehead atoms. The van der Waals surface area contributed by atoms with Crippen molar-refractivity contribution in [2.45, 2.75) is 31.5 Å². The molecule has 0 saturated carbocycles. The minimum atomic E-state index is 0.144. The zero-order chi connectivity index (χ0) is 19.2. The van der Waals surface area contributed by atoms with Crippen molar-refractivity contribution in [2.75, 3.05) is 26.7 Å². The van der Waals surface area contributed by atoms with E-state index < -0.39 is 0 Å². The molecule has 2 N–H and O–H groups in total. The van der Waals surface area contributed by atoms with E-state index in [0.717, 1.165) is 50.7 Å². The first-order chi connectivity index (χ1) is 13.8. The lowest BCUT2D eigenvalue weighted by molar-refractivity contribution is -0.0265. The van der Waals surface area contributed by atoms with Crippen LogP contribution < -0.4 is 15.4 Å². The third kappa shape index (κ3) is 4.47. The van der Waals surface area contributed by atoms with Crippen LogP contribution in [0, 0.1) is 5.92 Å². The van der Waals surface area contributed by atoms with Gasteiger partial charge in [-0.25, -0.2) is 0 Å². The summed E-state index contributed by atoms with van der Waals surface area (Å²) in [6.45, 7) is 2.41. The van der Waals surface area contributed by atoms with E-state index in [0.29, 0.717) is 5.92 Å². The lowest BCUT2D eigenvalue weighted by Gasteiger charge is -2.32.